The fourth-order valence-electron chi connectivity index (χ4n) is 1.52. The van der Waals surface area contributed by atoms with Crippen LogP contribution in [0, 0.1) is 18.2 Å². The quantitative estimate of drug-likeness (QED) is 0.836. The Bertz CT molecular complexity index is 661. The molecule has 0 aliphatic carbocycles. The molecule has 1 atom stereocenters. The van der Waals surface area contributed by atoms with Gasteiger partial charge in [0.1, 0.15) is 11.9 Å². The molecule has 0 bridgehead atoms. The Kier molecular flexibility index (Phi) is 4.05. The Morgan fingerprint density at radius 1 is 1.60 bits per heavy atom. The monoisotopic (exact) mass is 273 g/mol. The molecule has 0 radical (unpaired) electrons. The highest BCUT2D eigenvalue weighted by atomic mass is 19.1. The van der Waals surface area contributed by atoms with E-state index in [-0.39, 0.29) is 18.3 Å². The number of rotatable bonds is 4. The minimum absolute atomic E-state index is 0.134. The molecule has 1 N–H and O–H groups in total. The van der Waals surface area contributed by atoms with Gasteiger partial charge in [-0.3, -0.25) is 4.79 Å². The van der Waals surface area contributed by atoms with Crippen LogP contribution >= 0.6 is 0 Å². The van der Waals surface area contributed by atoms with Gasteiger partial charge in [0.25, 0.3) is 0 Å². The number of tetrazole rings is 1. The van der Waals surface area contributed by atoms with E-state index in [1.807, 2.05) is 0 Å². The molecule has 6 nitrogen and oxygen atoms in total. The third-order valence-corrected chi connectivity index (χ3v) is 2.60. The van der Waals surface area contributed by atoms with E-state index in [0.29, 0.717) is 5.56 Å². The van der Waals surface area contributed by atoms with E-state index in [9.17, 15) is 9.18 Å². The first kappa shape index (κ1) is 13.7. The number of benzene rings is 1. The number of amides is 1. The van der Waals surface area contributed by atoms with Crippen LogP contribution in [-0.4, -0.2) is 32.7 Å². The van der Waals surface area contributed by atoms with Crippen LogP contribution in [0.25, 0.3) is 11.4 Å². The predicted molar refractivity (Wildman–Crippen MR) is 69.8 cm³/mol. The number of carbonyl (C=O) groups excluding carboxylic acids is 1. The molecular weight excluding hydrogens is 261 g/mol. The van der Waals surface area contributed by atoms with Crippen LogP contribution in [0.3, 0.4) is 0 Å². The normalized spacial score (nSPS) is 11.7. The summed E-state index contributed by atoms with van der Waals surface area (Å²) >= 11 is 0. The average Bonchev–Trinajstić information content (AvgIpc) is 2.93. The van der Waals surface area contributed by atoms with Gasteiger partial charge >= 0.3 is 0 Å². The number of carbonyl (C=O) groups is 1. The second-order valence-corrected chi connectivity index (χ2v) is 4.04. The molecule has 0 aliphatic heterocycles. The van der Waals surface area contributed by atoms with E-state index >= 15 is 0 Å². The number of nitrogens with zero attached hydrogens (tertiary/aromatic N) is 4. The molecule has 1 heterocycles. The molecule has 2 aromatic rings. The Morgan fingerprint density at radius 2 is 2.40 bits per heavy atom. The van der Waals surface area contributed by atoms with Gasteiger partial charge in [-0.05, 0) is 24.3 Å². The third-order valence-electron chi connectivity index (χ3n) is 2.60. The number of nitrogens with one attached hydrogen (secondary N) is 1. The van der Waals surface area contributed by atoms with Gasteiger partial charge in [-0.25, -0.2) is 4.39 Å². The van der Waals surface area contributed by atoms with Gasteiger partial charge in [-0.2, -0.15) is 4.80 Å². The molecule has 0 spiro atoms. The highest BCUT2D eigenvalue weighted by Crippen LogP contribution is 2.15. The third kappa shape index (κ3) is 2.98. The summed E-state index contributed by atoms with van der Waals surface area (Å²) in [6, 6.07) is 5.18. The van der Waals surface area contributed by atoms with Gasteiger partial charge < -0.3 is 5.32 Å². The topological polar surface area (TPSA) is 72.7 Å². The smallest absolute Gasteiger partial charge is 0.247 e. The van der Waals surface area contributed by atoms with E-state index in [0.717, 1.165) is 4.80 Å². The molecule has 2 rings (SSSR count). The summed E-state index contributed by atoms with van der Waals surface area (Å²) in [6.07, 6.45) is 5.06. The standard InChI is InChI=1S/C13H12FN5O/c1-3-7-15-13(20)9(2)19-17-12(16-18-19)10-5-4-6-11(14)8-10/h1,4-6,8-9H,7H2,2H3,(H,15,20)/t9-/m1/s1. The minimum atomic E-state index is -0.654. The van der Waals surface area contributed by atoms with E-state index < -0.39 is 11.9 Å². The van der Waals surface area contributed by atoms with Gasteiger partial charge in [0.2, 0.25) is 11.7 Å². The van der Waals surface area contributed by atoms with Crippen molar-refractivity contribution in [3.8, 4) is 23.7 Å². The highest BCUT2D eigenvalue weighted by Gasteiger charge is 2.18. The van der Waals surface area contributed by atoms with Crippen molar-refractivity contribution in [2.75, 3.05) is 6.54 Å². The summed E-state index contributed by atoms with van der Waals surface area (Å²) in [5.74, 6) is 1.85. The first-order valence-corrected chi connectivity index (χ1v) is 5.88. The summed E-state index contributed by atoms with van der Waals surface area (Å²) < 4.78 is 13.1. The SMILES string of the molecule is C#CCNC(=O)[C@@H](C)n1nnc(-c2cccc(F)c2)n1. The van der Waals surface area contributed by atoms with Crippen LogP contribution in [0.2, 0.25) is 0 Å². The lowest BCUT2D eigenvalue weighted by molar-refractivity contribution is -0.124. The van der Waals surface area contributed by atoms with Crippen molar-refractivity contribution in [1.29, 1.82) is 0 Å². The van der Waals surface area contributed by atoms with Gasteiger partial charge in [-0.15, -0.1) is 16.6 Å². The Labute approximate surface area is 115 Å². The van der Waals surface area contributed by atoms with Gasteiger partial charge in [0.05, 0.1) is 6.54 Å². The van der Waals surface area contributed by atoms with Crippen LogP contribution in [-0.2, 0) is 4.79 Å². The van der Waals surface area contributed by atoms with Crippen LogP contribution in [0.5, 0.6) is 0 Å². The zero-order chi connectivity index (χ0) is 14.5. The van der Waals surface area contributed by atoms with Crippen molar-refractivity contribution in [3.63, 3.8) is 0 Å². The van der Waals surface area contributed by atoms with Crippen LogP contribution in [0.4, 0.5) is 4.39 Å². The molecule has 0 saturated carbocycles. The minimum Gasteiger partial charge on any atom is -0.343 e. The van der Waals surface area contributed by atoms with E-state index in [4.69, 9.17) is 6.42 Å². The Hall–Kier alpha value is -2.75. The molecule has 102 valence electrons. The fraction of sp³-hybridized carbons (Fsp3) is 0.231. The fourth-order valence-corrected chi connectivity index (χ4v) is 1.52. The van der Waals surface area contributed by atoms with Crippen LogP contribution in [0.15, 0.2) is 24.3 Å². The molecule has 0 fully saturated rings. The summed E-state index contributed by atoms with van der Waals surface area (Å²) in [6.45, 7) is 1.75. The lowest BCUT2D eigenvalue weighted by Gasteiger charge is -2.08. The Morgan fingerprint density at radius 3 is 3.10 bits per heavy atom. The second-order valence-electron chi connectivity index (χ2n) is 4.04. The van der Waals surface area contributed by atoms with E-state index in [2.05, 4.69) is 26.6 Å². The van der Waals surface area contributed by atoms with Gasteiger partial charge in [-0.1, -0.05) is 18.1 Å². The summed E-state index contributed by atoms with van der Waals surface area (Å²) in [4.78, 5) is 12.9. The van der Waals surface area contributed by atoms with Crippen molar-refractivity contribution in [3.05, 3.63) is 30.1 Å². The van der Waals surface area contributed by atoms with Crippen LogP contribution in [0.1, 0.15) is 13.0 Å². The first-order valence-electron chi connectivity index (χ1n) is 5.88. The zero-order valence-electron chi connectivity index (χ0n) is 10.7. The van der Waals surface area contributed by atoms with E-state index in [1.54, 1.807) is 19.1 Å². The number of hydrogen-bond acceptors (Lipinski definition) is 4. The van der Waals surface area contributed by atoms with Crippen molar-refractivity contribution < 1.29 is 9.18 Å². The molecule has 20 heavy (non-hydrogen) atoms. The summed E-state index contributed by atoms with van der Waals surface area (Å²) in [5, 5.41) is 14.2. The van der Waals surface area contributed by atoms with Gasteiger partial charge in [0, 0.05) is 5.56 Å². The molecule has 1 amide bonds. The maximum absolute atomic E-state index is 13.1. The lowest BCUT2D eigenvalue weighted by atomic mass is 10.2. The summed E-state index contributed by atoms with van der Waals surface area (Å²) in [5.41, 5.74) is 0.493. The van der Waals surface area contributed by atoms with Crippen molar-refractivity contribution >= 4 is 5.91 Å². The molecule has 1 aromatic heterocycles. The van der Waals surface area contributed by atoms with Gasteiger partial charge in [0.15, 0.2) is 0 Å². The molecule has 1 aromatic carbocycles. The van der Waals surface area contributed by atoms with E-state index in [1.165, 1.54) is 12.1 Å². The zero-order valence-corrected chi connectivity index (χ0v) is 10.7. The lowest BCUT2D eigenvalue weighted by Crippen LogP contribution is -2.32. The molecular formula is C13H12FN5O. The Balaban J connectivity index is 2.17. The number of hydrogen-bond donors (Lipinski definition) is 1. The molecule has 0 aliphatic rings. The maximum atomic E-state index is 13.1. The van der Waals surface area contributed by atoms with Crippen molar-refractivity contribution in [1.82, 2.24) is 25.5 Å². The second kappa shape index (κ2) is 5.93. The number of terminal acetylenes is 1. The van der Waals surface area contributed by atoms with Crippen LogP contribution < -0.4 is 5.32 Å². The highest BCUT2D eigenvalue weighted by molar-refractivity contribution is 5.79. The number of halogens is 1. The molecule has 0 unspecified atom stereocenters. The number of aromatic nitrogens is 4. The summed E-state index contributed by atoms with van der Waals surface area (Å²) in [7, 11) is 0. The largest absolute Gasteiger partial charge is 0.343 e. The average molecular weight is 273 g/mol. The van der Waals surface area contributed by atoms with Crippen molar-refractivity contribution in [2.24, 2.45) is 0 Å². The maximum Gasteiger partial charge on any atom is 0.247 e. The van der Waals surface area contributed by atoms with Crippen molar-refractivity contribution in [2.45, 2.75) is 13.0 Å². The molecule has 7 heteroatoms. The predicted octanol–water partition coefficient (Wildman–Crippen LogP) is 0.790. The first-order chi connectivity index (χ1) is 9.61. The molecule has 0 saturated heterocycles.